The van der Waals surface area contributed by atoms with Gasteiger partial charge in [0.2, 0.25) is 0 Å². The summed E-state index contributed by atoms with van der Waals surface area (Å²) >= 11 is 1.68. The molecule has 2 rings (SSSR count). The Labute approximate surface area is 175 Å². The second-order valence-corrected chi connectivity index (χ2v) is 6.78. The molecular formula is C18H26FIN4OS. The lowest BCUT2D eigenvalue weighted by Gasteiger charge is -2.11. The lowest BCUT2D eigenvalue weighted by atomic mass is 10.2. The third kappa shape index (κ3) is 6.71. The number of benzene rings is 1. The minimum absolute atomic E-state index is 0. The number of halogens is 2. The molecule has 0 aliphatic rings. The van der Waals surface area contributed by atoms with Crippen molar-refractivity contribution in [3.8, 4) is 5.75 Å². The van der Waals surface area contributed by atoms with Crippen LogP contribution in [-0.2, 0) is 13.1 Å². The van der Waals surface area contributed by atoms with Crippen molar-refractivity contribution in [3.05, 3.63) is 45.2 Å². The molecule has 0 amide bonds. The summed E-state index contributed by atoms with van der Waals surface area (Å²) in [6.07, 6.45) is 0. The quantitative estimate of drug-likeness (QED) is 0.346. The summed E-state index contributed by atoms with van der Waals surface area (Å²) in [7, 11) is 0. The average molecular weight is 492 g/mol. The predicted octanol–water partition coefficient (Wildman–Crippen LogP) is 4.17. The van der Waals surface area contributed by atoms with E-state index in [1.165, 1.54) is 10.9 Å². The minimum atomic E-state index is -0.358. The molecule has 0 spiro atoms. The second kappa shape index (κ2) is 11.3. The van der Waals surface area contributed by atoms with Gasteiger partial charge in [0.1, 0.15) is 0 Å². The number of ether oxygens (including phenoxy) is 1. The molecule has 5 nitrogen and oxygen atoms in total. The first kappa shape index (κ1) is 22.6. The summed E-state index contributed by atoms with van der Waals surface area (Å²) in [6, 6.07) is 4.94. The van der Waals surface area contributed by atoms with Gasteiger partial charge in [-0.2, -0.15) is 0 Å². The van der Waals surface area contributed by atoms with E-state index < -0.39 is 0 Å². The van der Waals surface area contributed by atoms with Crippen molar-refractivity contribution in [2.75, 3.05) is 13.2 Å². The zero-order valence-corrected chi connectivity index (χ0v) is 18.7. The molecule has 0 fully saturated rings. The normalized spacial score (nSPS) is 11.0. The van der Waals surface area contributed by atoms with Crippen molar-refractivity contribution in [1.82, 2.24) is 15.6 Å². The number of aromatic nitrogens is 1. The molecule has 1 heterocycles. The fourth-order valence-electron chi connectivity index (χ4n) is 2.33. The fourth-order valence-corrected chi connectivity index (χ4v) is 3.21. The number of hydrogen-bond donors (Lipinski definition) is 2. The van der Waals surface area contributed by atoms with Gasteiger partial charge in [0.25, 0.3) is 0 Å². The summed E-state index contributed by atoms with van der Waals surface area (Å²) < 4.78 is 19.1. The summed E-state index contributed by atoms with van der Waals surface area (Å²) in [6.45, 7) is 10.1. The Morgan fingerprint density at radius 1 is 1.27 bits per heavy atom. The Morgan fingerprint density at radius 3 is 2.62 bits per heavy atom. The lowest BCUT2D eigenvalue weighted by Crippen LogP contribution is -2.36. The molecule has 0 saturated heterocycles. The van der Waals surface area contributed by atoms with Gasteiger partial charge in [-0.3, -0.25) is 0 Å². The number of aryl methyl sites for hydroxylation is 2. The standard InChI is InChI=1S/C18H25FN4OS.HI/c1-5-20-18(22-11-17-12(3)23-13(4)25-17)21-10-14-7-8-16(24-6-2)15(19)9-14;/h7-9H,5-6,10-11H2,1-4H3,(H2,20,21,22);1H. The molecule has 26 heavy (non-hydrogen) atoms. The molecule has 0 radical (unpaired) electrons. The maximum Gasteiger partial charge on any atom is 0.191 e. The van der Waals surface area contributed by atoms with Crippen LogP contribution in [0.15, 0.2) is 23.2 Å². The van der Waals surface area contributed by atoms with E-state index in [-0.39, 0.29) is 35.5 Å². The van der Waals surface area contributed by atoms with Crippen molar-refractivity contribution >= 4 is 41.3 Å². The average Bonchev–Trinajstić information content (AvgIpc) is 2.90. The van der Waals surface area contributed by atoms with Crippen LogP contribution < -0.4 is 15.4 Å². The number of thiazole rings is 1. The first-order chi connectivity index (χ1) is 12.0. The summed E-state index contributed by atoms with van der Waals surface area (Å²) in [5.41, 5.74) is 1.84. The smallest absolute Gasteiger partial charge is 0.191 e. The lowest BCUT2D eigenvalue weighted by molar-refractivity contribution is 0.321. The molecule has 2 N–H and O–H groups in total. The van der Waals surface area contributed by atoms with Crippen LogP contribution in [0.5, 0.6) is 5.75 Å². The van der Waals surface area contributed by atoms with Crippen molar-refractivity contribution in [2.45, 2.75) is 40.8 Å². The molecular weight excluding hydrogens is 466 g/mol. The van der Waals surface area contributed by atoms with E-state index >= 15 is 0 Å². The number of rotatable bonds is 7. The van der Waals surface area contributed by atoms with Crippen LogP contribution in [0, 0.1) is 19.7 Å². The Morgan fingerprint density at radius 2 is 2.04 bits per heavy atom. The van der Waals surface area contributed by atoms with Gasteiger partial charge >= 0.3 is 0 Å². The van der Waals surface area contributed by atoms with E-state index in [9.17, 15) is 4.39 Å². The van der Waals surface area contributed by atoms with E-state index in [1.807, 2.05) is 33.8 Å². The first-order valence-electron chi connectivity index (χ1n) is 8.39. The Balaban J connectivity index is 0.00000338. The number of nitrogens with zero attached hydrogens (tertiary/aromatic N) is 2. The fraction of sp³-hybridized carbons (Fsp3) is 0.444. The number of nitrogens with one attached hydrogen (secondary N) is 2. The van der Waals surface area contributed by atoms with Crippen LogP contribution in [0.3, 0.4) is 0 Å². The van der Waals surface area contributed by atoms with E-state index in [0.717, 1.165) is 22.8 Å². The maximum absolute atomic E-state index is 13.9. The van der Waals surface area contributed by atoms with Gasteiger partial charge in [0, 0.05) is 11.4 Å². The van der Waals surface area contributed by atoms with Crippen molar-refractivity contribution in [3.63, 3.8) is 0 Å². The van der Waals surface area contributed by atoms with Crippen LogP contribution in [0.1, 0.15) is 35.0 Å². The van der Waals surface area contributed by atoms with Gasteiger partial charge in [-0.05, 0) is 45.4 Å². The molecule has 144 valence electrons. The number of hydrogen-bond acceptors (Lipinski definition) is 4. The third-order valence-corrected chi connectivity index (χ3v) is 4.55. The monoisotopic (exact) mass is 492 g/mol. The molecule has 0 aliphatic heterocycles. The summed E-state index contributed by atoms with van der Waals surface area (Å²) in [4.78, 5) is 10.1. The zero-order valence-electron chi connectivity index (χ0n) is 15.6. The molecule has 1 aromatic heterocycles. The Bertz CT molecular complexity index is 736. The highest BCUT2D eigenvalue weighted by molar-refractivity contribution is 14.0. The van der Waals surface area contributed by atoms with Crippen LogP contribution in [0.4, 0.5) is 4.39 Å². The minimum Gasteiger partial charge on any atom is -0.491 e. The van der Waals surface area contributed by atoms with Crippen LogP contribution in [0.25, 0.3) is 0 Å². The number of guanidine groups is 1. The molecule has 0 atom stereocenters. The Kier molecular flexibility index (Phi) is 9.85. The predicted molar refractivity (Wildman–Crippen MR) is 116 cm³/mol. The highest BCUT2D eigenvalue weighted by Crippen LogP contribution is 2.19. The third-order valence-electron chi connectivity index (χ3n) is 3.48. The van der Waals surface area contributed by atoms with Gasteiger partial charge in [-0.25, -0.2) is 14.4 Å². The van der Waals surface area contributed by atoms with Gasteiger partial charge < -0.3 is 15.4 Å². The first-order valence-corrected chi connectivity index (χ1v) is 9.21. The van der Waals surface area contributed by atoms with Crippen molar-refractivity contribution < 1.29 is 9.13 Å². The molecule has 1 aromatic carbocycles. The van der Waals surface area contributed by atoms with Gasteiger partial charge in [0.05, 0.1) is 30.4 Å². The second-order valence-electron chi connectivity index (χ2n) is 5.49. The zero-order chi connectivity index (χ0) is 18.2. The van der Waals surface area contributed by atoms with Gasteiger partial charge in [0.15, 0.2) is 17.5 Å². The van der Waals surface area contributed by atoms with Crippen LogP contribution >= 0.6 is 35.3 Å². The highest BCUT2D eigenvalue weighted by atomic mass is 127. The molecule has 2 aromatic rings. The van der Waals surface area contributed by atoms with Gasteiger partial charge in [-0.1, -0.05) is 6.07 Å². The van der Waals surface area contributed by atoms with E-state index in [0.29, 0.717) is 25.7 Å². The summed E-state index contributed by atoms with van der Waals surface area (Å²) in [5.74, 6) is 0.613. The van der Waals surface area contributed by atoms with Crippen molar-refractivity contribution in [2.24, 2.45) is 4.99 Å². The van der Waals surface area contributed by atoms with Gasteiger partial charge in [-0.15, -0.1) is 35.3 Å². The highest BCUT2D eigenvalue weighted by Gasteiger charge is 2.07. The van der Waals surface area contributed by atoms with Crippen LogP contribution in [0.2, 0.25) is 0 Å². The van der Waals surface area contributed by atoms with E-state index in [4.69, 9.17) is 4.74 Å². The molecule has 8 heteroatoms. The van der Waals surface area contributed by atoms with Crippen molar-refractivity contribution in [1.29, 1.82) is 0 Å². The summed E-state index contributed by atoms with van der Waals surface area (Å²) in [5, 5.41) is 7.56. The molecule has 0 bridgehead atoms. The van der Waals surface area contributed by atoms with E-state index in [1.54, 1.807) is 17.4 Å². The Hall–Kier alpha value is -1.42. The maximum atomic E-state index is 13.9. The van der Waals surface area contributed by atoms with E-state index in [2.05, 4.69) is 20.6 Å². The molecule has 0 saturated carbocycles. The SMILES string of the molecule is CCNC(=NCc1ccc(OCC)c(F)c1)NCc1sc(C)nc1C.I. The largest absolute Gasteiger partial charge is 0.491 e. The molecule has 0 aliphatic carbocycles. The number of aliphatic imine (C=N–C) groups is 1. The molecule has 0 unspecified atom stereocenters. The van der Waals surface area contributed by atoms with Crippen LogP contribution in [-0.4, -0.2) is 24.1 Å². The topological polar surface area (TPSA) is 58.5 Å².